The zero-order valence-electron chi connectivity index (χ0n) is 7.37. The van der Waals surface area contributed by atoms with Crippen molar-refractivity contribution in [3.8, 4) is 11.5 Å². The fourth-order valence-electron chi connectivity index (χ4n) is 1.07. The Morgan fingerprint density at radius 3 is 2.77 bits per heavy atom. The van der Waals surface area contributed by atoms with Crippen LogP contribution in [0.15, 0.2) is 18.2 Å². The predicted octanol–water partition coefficient (Wildman–Crippen LogP) is 0.879. The van der Waals surface area contributed by atoms with E-state index >= 15 is 0 Å². The van der Waals surface area contributed by atoms with E-state index in [1.807, 2.05) is 0 Å². The van der Waals surface area contributed by atoms with Gasteiger partial charge in [-0.05, 0) is 17.7 Å². The molecule has 0 bridgehead atoms. The van der Waals surface area contributed by atoms with Gasteiger partial charge in [-0.1, -0.05) is 6.07 Å². The van der Waals surface area contributed by atoms with Gasteiger partial charge in [0.15, 0.2) is 11.5 Å². The number of phenols is 1. The van der Waals surface area contributed by atoms with Crippen molar-refractivity contribution < 1.29 is 9.84 Å². The van der Waals surface area contributed by atoms with Crippen LogP contribution in [0.4, 0.5) is 0 Å². The Kier molecular flexibility index (Phi) is 2.74. The third-order valence-corrected chi connectivity index (χ3v) is 1.64. The highest BCUT2D eigenvalue weighted by Crippen LogP contribution is 2.26. The van der Waals surface area contributed by atoms with Gasteiger partial charge in [-0.2, -0.15) is 0 Å². The molecule has 1 aromatic rings. The predicted molar refractivity (Wildman–Crippen MR) is 50.3 cm³/mol. The zero-order valence-corrected chi connectivity index (χ0v) is 7.37. The molecule has 1 rings (SSSR count). The largest absolute Gasteiger partial charge is 0.504 e. The molecule has 4 nitrogen and oxygen atoms in total. The second kappa shape index (κ2) is 3.80. The summed E-state index contributed by atoms with van der Waals surface area (Å²) >= 11 is 0. The average Bonchev–Trinajstić information content (AvgIpc) is 2.03. The van der Waals surface area contributed by atoms with Crippen LogP contribution in [0.5, 0.6) is 11.5 Å². The molecule has 0 radical (unpaired) electrons. The minimum absolute atomic E-state index is 0.0706. The number of amidine groups is 1. The molecule has 13 heavy (non-hydrogen) atoms. The third kappa shape index (κ3) is 2.37. The minimum Gasteiger partial charge on any atom is -0.504 e. The number of ether oxygens (including phenoxy) is 1. The summed E-state index contributed by atoms with van der Waals surface area (Å²) in [4.78, 5) is 0. The van der Waals surface area contributed by atoms with Crippen LogP contribution in [0.2, 0.25) is 0 Å². The van der Waals surface area contributed by atoms with Crippen LogP contribution in [-0.2, 0) is 6.42 Å². The molecule has 0 saturated carbocycles. The minimum atomic E-state index is 0.0706. The number of methoxy groups -OCH3 is 1. The Morgan fingerprint density at radius 1 is 1.62 bits per heavy atom. The van der Waals surface area contributed by atoms with Crippen molar-refractivity contribution in [1.82, 2.24) is 0 Å². The molecule has 4 heteroatoms. The van der Waals surface area contributed by atoms with E-state index in [1.54, 1.807) is 18.2 Å². The Morgan fingerprint density at radius 2 is 2.31 bits per heavy atom. The Labute approximate surface area is 76.5 Å². The summed E-state index contributed by atoms with van der Waals surface area (Å²) in [5.41, 5.74) is 6.01. The van der Waals surface area contributed by atoms with E-state index in [1.165, 1.54) is 7.11 Å². The fraction of sp³-hybridized carbons (Fsp3) is 0.222. The monoisotopic (exact) mass is 180 g/mol. The van der Waals surface area contributed by atoms with Crippen LogP contribution in [0.3, 0.4) is 0 Å². The molecular weight excluding hydrogens is 168 g/mol. The van der Waals surface area contributed by atoms with Gasteiger partial charge in [-0.3, -0.25) is 5.41 Å². The quantitative estimate of drug-likeness (QED) is 0.477. The summed E-state index contributed by atoms with van der Waals surface area (Å²) in [6, 6.07) is 4.95. The number of phenolic OH excluding ortho intramolecular Hbond substituents is 1. The standard InChI is InChI=1S/C9H12N2O2/c1-13-8-3-2-6(4-7(8)12)5-9(10)11/h2-4,12H,5H2,1H3,(H3,10,11). The lowest BCUT2D eigenvalue weighted by Crippen LogP contribution is -2.12. The second-order valence-corrected chi connectivity index (χ2v) is 2.71. The van der Waals surface area contributed by atoms with E-state index in [0.29, 0.717) is 12.2 Å². The normalized spacial score (nSPS) is 9.62. The van der Waals surface area contributed by atoms with E-state index < -0.39 is 0 Å². The van der Waals surface area contributed by atoms with Crippen LogP contribution >= 0.6 is 0 Å². The SMILES string of the molecule is COc1ccc(CC(=N)N)cc1O. The number of nitrogens with two attached hydrogens (primary N) is 1. The molecule has 0 spiro atoms. The lowest BCUT2D eigenvalue weighted by molar-refractivity contribution is 0.373. The highest BCUT2D eigenvalue weighted by molar-refractivity contribution is 5.79. The van der Waals surface area contributed by atoms with Crippen LogP contribution in [-0.4, -0.2) is 18.1 Å². The van der Waals surface area contributed by atoms with Gasteiger partial charge in [-0.25, -0.2) is 0 Å². The van der Waals surface area contributed by atoms with Crippen LogP contribution in [0.25, 0.3) is 0 Å². The van der Waals surface area contributed by atoms with Gasteiger partial charge in [0.05, 0.1) is 12.9 Å². The first kappa shape index (κ1) is 9.38. The smallest absolute Gasteiger partial charge is 0.160 e. The van der Waals surface area contributed by atoms with Crippen molar-refractivity contribution in [2.75, 3.05) is 7.11 Å². The molecule has 0 aliphatic carbocycles. The maximum absolute atomic E-state index is 9.37. The van der Waals surface area contributed by atoms with Gasteiger partial charge in [0.2, 0.25) is 0 Å². The summed E-state index contributed by atoms with van der Waals surface area (Å²) in [5.74, 6) is 0.568. The molecule has 70 valence electrons. The molecule has 0 unspecified atom stereocenters. The molecule has 0 atom stereocenters. The molecule has 0 saturated heterocycles. The maximum Gasteiger partial charge on any atom is 0.160 e. The summed E-state index contributed by atoms with van der Waals surface area (Å²) in [6.07, 6.45) is 0.345. The summed E-state index contributed by atoms with van der Waals surface area (Å²) in [5, 5.41) is 16.4. The molecule has 0 aliphatic rings. The molecule has 0 fully saturated rings. The summed E-state index contributed by atoms with van der Waals surface area (Å²) < 4.78 is 4.87. The molecule has 0 aliphatic heterocycles. The zero-order chi connectivity index (χ0) is 9.84. The number of rotatable bonds is 3. The average molecular weight is 180 g/mol. The summed E-state index contributed by atoms with van der Waals surface area (Å²) in [6.45, 7) is 0. The number of hydrogen-bond acceptors (Lipinski definition) is 3. The van der Waals surface area contributed by atoms with E-state index in [0.717, 1.165) is 5.56 Å². The first-order valence-electron chi connectivity index (χ1n) is 3.82. The van der Waals surface area contributed by atoms with Gasteiger partial charge in [-0.15, -0.1) is 0 Å². The highest BCUT2D eigenvalue weighted by Gasteiger charge is 2.02. The van der Waals surface area contributed by atoms with Crippen molar-refractivity contribution in [1.29, 1.82) is 5.41 Å². The van der Waals surface area contributed by atoms with Gasteiger partial charge < -0.3 is 15.6 Å². The van der Waals surface area contributed by atoms with Gasteiger partial charge >= 0.3 is 0 Å². The number of benzene rings is 1. The maximum atomic E-state index is 9.37. The highest BCUT2D eigenvalue weighted by atomic mass is 16.5. The fourth-order valence-corrected chi connectivity index (χ4v) is 1.07. The van der Waals surface area contributed by atoms with E-state index in [2.05, 4.69) is 0 Å². The van der Waals surface area contributed by atoms with E-state index in [9.17, 15) is 5.11 Å². The van der Waals surface area contributed by atoms with Crippen LogP contribution < -0.4 is 10.5 Å². The molecule has 0 aromatic heterocycles. The summed E-state index contributed by atoms with van der Waals surface area (Å²) in [7, 11) is 1.49. The van der Waals surface area contributed by atoms with Crippen molar-refractivity contribution in [2.45, 2.75) is 6.42 Å². The van der Waals surface area contributed by atoms with Crippen molar-refractivity contribution in [3.63, 3.8) is 0 Å². The molecule has 0 heterocycles. The van der Waals surface area contributed by atoms with E-state index in [-0.39, 0.29) is 11.6 Å². The van der Waals surface area contributed by atoms with Gasteiger partial charge in [0.1, 0.15) is 0 Å². The first-order chi connectivity index (χ1) is 6.13. The van der Waals surface area contributed by atoms with E-state index in [4.69, 9.17) is 15.9 Å². The van der Waals surface area contributed by atoms with Crippen LogP contribution in [0.1, 0.15) is 5.56 Å². The Bertz CT molecular complexity index is 323. The molecule has 1 aromatic carbocycles. The Balaban J connectivity index is 2.89. The lowest BCUT2D eigenvalue weighted by Gasteiger charge is -2.05. The molecule has 4 N–H and O–H groups in total. The number of nitrogens with one attached hydrogen (secondary N) is 1. The lowest BCUT2D eigenvalue weighted by atomic mass is 10.1. The van der Waals surface area contributed by atoms with Gasteiger partial charge in [0, 0.05) is 6.42 Å². The first-order valence-corrected chi connectivity index (χ1v) is 3.82. The topological polar surface area (TPSA) is 79.3 Å². The Hall–Kier alpha value is -1.71. The number of aromatic hydroxyl groups is 1. The second-order valence-electron chi connectivity index (χ2n) is 2.71. The molecular formula is C9H12N2O2. The third-order valence-electron chi connectivity index (χ3n) is 1.64. The van der Waals surface area contributed by atoms with Crippen LogP contribution in [0, 0.1) is 5.41 Å². The van der Waals surface area contributed by atoms with Crippen molar-refractivity contribution in [2.24, 2.45) is 5.73 Å². The van der Waals surface area contributed by atoms with Crippen molar-refractivity contribution in [3.05, 3.63) is 23.8 Å². The van der Waals surface area contributed by atoms with Gasteiger partial charge in [0.25, 0.3) is 0 Å². The van der Waals surface area contributed by atoms with Crippen molar-refractivity contribution >= 4 is 5.84 Å². The number of hydrogen-bond donors (Lipinski definition) is 3. The molecule has 0 amide bonds.